The van der Waals surface area contributed by atoms with Crippen LogP contribution in [0.25, 0.3) is 0 Å². The Morgan fingerprint density at radius 3 is 2.67 bits per heavy atom. The first-order valence-corrected chi connectivity index (χ1v) is 5.37. The standard InChI is InChI=1S/C11H17N3O/c1-8(2)13-6-11(7-13)14-5-10(4-12-14)9(3)15/h4-5,8,11H,6-7H2,1-3H3. The van der Waals surface area contributed by atoms with E-state index in [-0.39, 0.29) is 5.78 Å². The van der Waals surface area contributed by atoms with Gasteiger partial charge in [-0.15, -0.1) is 0 Å². The van der Waals surface area contributed by atoms with Gasteiger partial charge in [0.25, 0.3) is 0 Å². The normalized spacial score (nSPS) is 18.1. The summed E-state index contributed by atoms with van der Waals surface area (Å²) < 4.78 is 1.91. The molecule has 82 valence electrons. The van der Waals surface area contributed by atoms with E-state index in [1.54, 1.807) is 13.1 Å². The van der Waals surface area contributed by atoms with E-state index in [1.165, 1.54) is 0 Å². The number of nitrogens with zero attached hydrogens (tertiary/aromatic N) is 3. The van der Waals surface area contributed by atoms with Gasteiger partial charge in [0.2, 0.25) is 0 Å². The maximum Gasteiger partial charge on any atom is 0.162 e. The quantitative estimate of drug-likeness (QED) is 0.702. The molecule has 0 aromatic carbocycles. The van der Waals surface area contributed by atoms with Crippen LogP contribution in [0.2, 0.25) is 0 Å². The fourth-order valence-electron chi connectivity index (χ4n) is 1.80. The van der Waals surface area contributed by atoms with Crippen LogP contribution in [0.5, 0.6) is 0 Å². The molecule has 2 heterocycles. The van der Waals surface area contributed by atoms with Gasteiger partial charge in [-0.25, -0.2) is 0 Å². The molecule has 0 atom stereocenters. The summed E-state index contributed by atoms with van der Waals surface area (Å²) in [5.74, 6) is 0.0845. The number of Topliss-reactive ketones (excluding diaryl/α,β-unsaturated/α-hetero) is 1. The summed E-state index contributed by atoms with van der Waals surface area (Å²) in [6.45, 7) is 8.04. The molecule has 1 aromatic heterocycles. The lowest BCUT2D eigenvalue weighted by molar-refractivity contribution is 0.0674. The van der Waals surface area contributed by atoms with Crippen molar-refractivity contribution < 1.29 is 4.79 Å². The maximum atomic E-state index is 11.1. The van der Waals surface area contributed by atoms with Gasteiger partial charge in [-0.05, 0) is 20.8 Å². The second kappa shape index (κ2) is 3.77. The topological polar surface area (TPSA) is 38.1 Å². The molecular formula is C11H17N3O. The second-order valence-corrected chi connectivity index (χ2v) is 4.47. The predicted octanol–water partition coefficient (Wildman–Crippen LogP) is 1.35. The fraction of sp³-hybridized carbons (Fsp3) is 0.636. The van der Waals surface area contributed by atoms with Crippen molar-refractivity contribution in [2.75, 3.05) is 13.1 Å². The van der Waals surface area contributed by atoms with Crippen LogP contribution in [0.15, 0.2) is 12.4 Å². The molecule has 1 aliphatic heterocycles. The third kappa shape index (κ3) is 1.95. The molecule has 4 heteroatoms. The van der Waals surface area contributed by atoms with Crippen molar-refractivity contribution in [3.8, 4) is 0 Å². The van der Waals surface area contributed by atoms with Gasteiger partial charge < -0.3 is 0 Å². The summed E-state index contributed by atoms with van der Waals surface area (Å²) in [5, 5.41) is 4.22. The van der Waals surface area contributed by atoms with Crippen LogP contribution in [0, 0.1) is 0 Å². The van der Waals surface area contributed by atoms with Crippen molar-refractivity contribution in [1.29, 1.82) is 0 Å². The van der Waals surface area contributed by atoms with Crippen molar-refractivity contribution in [1.82, 2.24) is 14.7 Å². The van der Waals surface area contributed by atoms with E-state index >= 15 is 0 Å². The van der Waals surface area contributed by atoms with Crippen LogP contribution < -0.4 is 0 Å². The predicted molar refractivity (Wildman–Crippen MR) is 58.0 cm³/mol. The Morgan fingerprint density at radius 1 is 1.53 bits per heavy atom. The second-order valence-electron chi connectivity index (χ2n) is 4.47. The van der Waals surface area contributed by atoms with Gasteiger partial charge in [0.15, 0.2) is 5.78 Å². The fourth-order valence-corrected chi connectivity index (χ4v) is 1.80. The first-order valence-electron chi connectivity index (χ1n) is 5.37. The summed E-state index contributed by atoms with van der Waals surface area (Å²) in [7, 11) is 0. The Balaban J connectivity index is 1.98. The van der Waals surface area contributed by atoms with Crippen molar-refractivity contribution in [2.45, 2.75) is 32.9 Å². The first-order chi connectivity index (χ1) is 7.08. The lowest BCUT2D eigenvalue weighted by atomic mass is 10.1. The molecule has 1 aliphatic rings. The smallest absolute Gasteiger partial charge is 0.162 e. The summed E-state index contributed by atoms with van der Waals surface area (Å²) in [4.78, 5) is 13.5. The van der Waals surface area contributed by atoms with Crippen molar-refractivity contribution in [2.24, 2.45) is 0 Å². The largest absolute Gasteiger partial charge is 0.297 e. The van der Waals surface area contributed by atoms with Crippen molar-refractivity contribution in [3.63, 3.8) is 0 Å². The average Bonchev–Trinajstić information content (AvgIpc) is 2.49. The van der Waals surface area contributed by atoms with E-state index in [1.807, 2.05) is 10.9 Å². The van der Waals surface area contributed by atoms with E-state index < -0.39 is 0 Å². The van der Waals surface area contributed by atoms with E-state index in [4.69, 9.17) is 0 Å². The highest BCUT2D eigenvalue weighted by Crippen LogP contribution is 2.22. The van der Waals surface area contributed by atoms with Gasteiger partial charge in [0, 0.05) is 25.3 Å². The van der Waals surface area contributed by atoms with E-state index in [9.17, 15) is 4.79 Å². The first kappa shape index (κ1) is 10.4. The van der Waals surface area contributed by atoms with Gasteiger partial charge >= 0.3 is 0 Å². The van der Waals surface area contributed by atoms with Crippen molar-refractivity contribution >= 4 is 5.78 Å². The van der Waals surface area contributed by atoms with E-state index in [2.05, 4.69) is 23.8 Å². The molecule has 0 spiro atoms. The molecule has 1 saturated heterocycles. The number of carbonyl (C=O) groups is 1. The molecule has 0 bridgehead atoms. The highest BCUT2D eigenvalue weighted by molar-refractivity contribution is 5.93. The zero-order valence-corrected chi connectivity index (χ0v) is 9.47. The monoisotopic (exact) mass is 207 g/mol. The van der Waals surface area contributed by atoms with E-state index in [0.29, 0.717) is 17.6 Å². The number of carbonyl (C=O) groups excluding carboxylic acids is 1. The number of hydrogen-bond donors (Lipinski definition) is 0. The Bertz CT molecular complexity index is 364. The zero-order valence-electron chi connectivity index (χ0n) is 9.47. The molecule has 4 nitrogen and oxygen atoms in total. The third-order valence-electron chi connectivity index (χ3n) is 3.00. The molecule has 0 N–H and O–H groups in total. The van der Waals surface area contributed by atoms with Crippen LogP contribution in [0.3, 0.4) is 0 Å². The molecule has 2 rings (SSSR count). The highest BCUT2D eigenvalue weighted by atomic mass is 16.1. The van der Waals surface area contributed by atoms with Crippen LogP contribution in [0.1, 0.15) is 37.2 Å². The maximum absolute atomic E-state index is 11.1. The van der Waals surface area contributed by atoms with E-state index in [0.717, 1.165) is 13.1 Å². The molecule has 1 fully saturated rings. The average molecular weight is 207 g/mol. The molecular weight excluding hydrogens is 190 g/mol. The SMILES string of the molecule is CC(=O)c1cnn(C2CN(C(C)C)C2)c1. The van der Waals surface area contributed by atoms with Crippen LogP contribution in [0.4, 0.5) is 0 Å². The molecule has 0 radical (unpaired) electrons. The van der Waals surface area contributed by atoms with Crippen LogP contribution >= 0.6 is 0 Å². The summed E-state index contributed by atoms with van der Waals surface area (Å²) in [6.07, 6.45) is 3.50. The molecule has 15 heavy (non-hydrogen) atoms. The number of hydrogen-bond acceptors (Lipinski definition) is 3. The molecule has 0 saturated carbocycles. The zero-order chi connectivity index (χ0) is 11.0. The lowest BCUT2D eigenvalue weighted by Gasteiger charge is -2.41. The summed E-state index contributed by atoms with van der Waals surface area (Å²) in [5.41, 5.74) is 0.706. The minimum Gasteiger partial charge on any atom is -0.297 e. The minimum atomic E-state index is 0.0845. The molecule has 0 aliphatic carbocycles. The van der Waals surface area contributed by atoms with Gasteiger partial charge in [0.1, 0.15) is 0 Å². The van der Waals surface area contributed by atoms with Gasteiger partial charge in [-0.1, -0.05) is 0 Å². The number of rotatable bonds is 3. The minimum absolute atomic E-state index is 0.0845. The molecule has 0 amide bonds. The number of likely N-dealkylation sites (tertiary alicyclic amines) is 1. The Hall–Kier alpha value is -1.16. The summed E-state index contributed by atoms with van der Waals surface area (Å²) >= 11 is 0. The Labute approximate surface area is 89.9 Å². The number of ketones is 1. The molecule has 1 aromatic rings. The van der Waals surface area contributed by atoms with Crippen LogP contribution in [-0.4, -0.2) is 39.6 Å². The Kier molecular flexibility index (Phi) is 2.61. The number of aromatic nitrogens is 2. The third-order valence-corrected chi connectivity index (χ3v) is 3.00. The van der Waals surface area contributed by atoms with Gasteiger partial charge in [0.05, 0.1) is 17.8 Å². The Morgan fingerprint density at radius 2 is 2.20 bits per heavy atom. The van der Waals surface area contributed by atoms with Crippen LogP contribution in [-0.2, 0) is 0 Å². The van der Waals surface area contributed by atoms with Gasteiger partial charge in [-0.3, -0.25) is 14.4 Å². The van der Waals surface area contributed by atoms with Gasteiger partial charge in [-0.2, -0.15) is 5.10 Å². The molecule has 0 unspecified atom stereocenters. The van der Waals surface area contributed by atoms with Crippen molar-refractivity contribution in [3.05, 3.63) is 18.0 Å². The highest BCUT2D eigenvalue weighted by Gasteiger charge is 2.30. The lowest BCUT2D eigenvalue weighted by Crippen LogP contribution is -2.50. The summed E-state index contributed by atoms with van der Waals surface area (Å²) in [6, 6.07) is 1.05.